The van der Waals surface area contributed by atoms with E-state index in [1.54, 1.807) is 50.2 Å². The van der Waals surface area contributed by atoms with Crippen LogP contribution >= 0.6 is 46.4 Å². The highest BCUT2D eigenvalue weighted by Crippen LogP contribution is 2.40. The van der Waals surface area contributed by atoms with Crippen molar-refractivity contribution in [3.8, 4) is 17.6 Å². The summed E-state index contributed by atoms with van der Waals surface area (Å²) in [5.74, 6) is -0.937. The van der Waals surface area contributed by atoms with Gasteiger partial charge < -0.3 is 9.47 Å². The second kappa shape index (κ2) is 10.9. The van der Waals surface area contributed by atoms with Gasteiger partial charge in [0, 0.05) is 5.56 Å². The predicted octanol–water partition coefficient (Wildman–Crippen LogP) is 7.35. The first-order valence-electron chi connectivity index (χ1n) is 8.98. The zero-order valence-corrected chi connectivity index (χ0v) is 19.2. The quantitative estimate of drug-likeness (QED) is 0.289. The van der Waals surface area contributed by atoms with Gasteiger partial charge in [0.05, 0.1) is 5.92 Å². The van der Waals surface area contributed by atoms with Gasteiger partial charge in [0.25, 0.3) is 0 Å². The van der Waals surface area contributed by atoms with E-state index in [4.69, 9.17) is 55.9 Å². The molecule has 0 heterocycles. The van der Waals surface area contributed by atoms with Crippen LogP contribution < -0.4 is 4.74 Å². The van der Waals surface area contributed by atoms with Crippen molar-refractivity contribution in [3.05, 3.63) is 70.7 Å². The molecule has 2 atom stereocenters. The maximum absolute atomic E-state index is 12.8. The fourth-order valence-corrected chi connectivity index (χ4v) is 4.30. The molecule has 0 aliphatic heterocycles. The Bertz CT molecular complexity index is 935. The molecule has 0 saturated heterocycles. The molecule has 0 amide bonds. The van der Waals surface area contributed by atoms with Crippen molar-refractivity contribution >= 4 is 52.4 Å². The molecule has 4 nitrogen and oxygen atoms in total. The second-order valence-electron chi connectivity index (χ2n) is 6.76. The molecule has 2 aromatic rings. The number of nitriles is 1. The molecule has 0 bridgehead atoms. The van der Waals surface area contributed by atoms with E-state index in [0.717, 1.165) is 6.08 Å². The lowest BCUT2D eigenvalue weighted by molar-refractivity contribution is -0.153. The molecule has 0 saturated carbocycles. The average Bonchev–Trinajstić information content (AvgIpc) is 2.65. The summed E-state index contributed by atoms with van der Waals surface area (Å²) >= 11 is 23.9. The molecule has 8 heteroatoms. The van der Waals surface area contributed by atoms with Gasteiger partial charge in [0.1, 0.15) is 22.1 Å². The Morgan fingerprint density at radius 3 is 2.27 bits per heavy atom. The number of carbonyl (C=O) groups excluding carboxylic acids is 1. The van der Waals surface area contributed by atoms with Gasteiger partial charge in [0.2, 0.25) is 6.10 Å². The van der Waals surface area contributed by atoms with E-state index >= 15 is 0 Å². The lowest BCUT2D eigenvalue weighted by atomic mass is 9.91. The summed E-state index contributed by atoms with van der Waals surface area (Å²) in [5, 5.41) is 9.59. The third-order valence-corrected chi connectivity index (χ3v) is 5.03. The number of esters is 1. The number of benzene rings is 2. The number of nitrogens with zero attached hydrogens (tertiary/aromatic N) is 1. The summed E-state index contributed by atoms with van der Waals surface area (Å²) < 4.78 is 9.33. The van der Waals surface area contributed by atoms with Crippen molar-refractivity contribution < 1.29 is 14.3 Å². The molecule has 2 unspecified atom stereocenters. The van der Waals surface area contributed by atoms with Crippen LogP contribution in [-0.4, -0.2) is 10.3 Å². The van der Waals surface area contributed by atoms with Crippen LogP contribution in [0.1, 0.15) is 25.5 Å². The standard InChI is InChI=1S/C22H19Cl4NO3/c1-14(2)20(22(25,26)12-19(23)24)21(28)30-18(13-27)15-7-6-10-17(11-15)29-16-8-4-3-5-9-16/h3-12,14,18,20H,1-2H3. The number of hydrogen-bond donors (Lipinski definition) is 0. The molecule has 0 radical (unpaired) electrons. The van der Waals surface area contributed by atoms with Crippen molar-refractivity contribution in [2.45, 2.75) is 24.3 Å². The molecule has 2 aromatic carbocycles. The summed E-state index contributed by atoms with van der Waals surface area (Å²) in [4.78, 5) is 12.8. The van der Waals surface area contributed by atoms with Crippen molar-refractivity contribution in [2.24, 2.45) is 11.8 Å². The van der Waals surface area contributed by atoms with E-state index in [1.165, 1.54) is 0 Å². The van der Waals surface area contributed by atoms with Crippen LogP contribution in [0.3, 0.4) is 0 Å². The highest BCUT2D eigenvalue weighted by molar-refractivity contribution is 6.58. The van der Waals surface area contributed by atoms with Gasteiger partial charge in [-0.3, -0.25) is 4.79 Å². The monoisotopic (exact) mass is 485 g/mol. The molecular weight excluding hydrogens is 468 g/mol. The number of hydrogen-bond acceptors (Lipinski definition) is 4. The van der Waals surface area contributed by atoms with Crippen molar-refractivity contribution in [1.82, 2.24) is 0 Å². The normalized spacial score (nSPS) is 13.1. The van der Waals surface area contributed by atoms with Crippen LogP contribution in [0, 0.1) is 23.2 Å². The molecular formula is C22H19Cl4NO3. The summed E-state index contributed by atoms with van der Waals surface area (Å²) in [6.07, 6.45) is -0.0291. The highest BCUT2D eigenvalue weighted by Gasteiger charge is 2.43. The van der Waals surface area contributed by atoms with Gasteiger partial charge in [-0.25, -0.2) is 0 Å². The van der Waals surface area contributed by atoms with Crippen LogP contribution in [0.25, 0.3) is 0 Å². The van der Waals surface area contributed by atoms with Gasteiger partial charge in [-0.1, -0.05) is 90.6 Å². The minimum absolute atomic E-state index is 0.180. The summed E-state index contributed by atoms with van der Waals surface area (Å²) in [6.45, 7) is 3.49. The van der Waals surface area contributed by atoms with E-state index in [9.17, 15) is 10.1 Å². The smallest absolute Gasteiger partial charge is 0.314 e. The molecule has 30 heavy (non-hydrogen) atoms. The van der Waals surface area contributed by atoms with E-state index < -0.39 is 22.3 Å². The second-order valence-corrected chi connectivity index (χ2v) is 9.22. The van der Waals surface area contributed by atoms with Gasteiger partial charge in [0.15, 0.2) is 4.33 Å². The van der Waals surface area contributed by atoms with Gasteiger partial charge in [-0.15, -0.1) is 0 Å². The number of carbonyl (C=O) groups is 1. The number of alkyl halides is 2. The van der Waals surface area contributed by atoms with Crippen LogP contribution in [0.15, 0.2) is 65.2 Å². The van der Waals surface area contributed by atoms with Crippen molar-refractivity contribution in [1.29, 1.82) is 5.26 Å². The van der Waals surface area contributed by atoms with E-state index in [1.807, 2.05) is 24.3 Å². The maximum Gasteiger partial charge on any atom is 0.314 e. The average molecular weight is 487 g/mol. The Morgan fingerprint density at radius 1 is 1.07 bits per heavy atom. The minimum atomic E-state index is -1.71. The first-order chi connectivity index (χ1) is 14.1. The SMILES string of the molecule is CC(C)C(C(=O)OC(C#N)c1cccc(Oc2ccccc2)c1)C(Cl)(Cl)C=C(Cl)Cl. The molecule has 0 aliphatic rings. The van der Waals surface area contributed by atoms with Gasteiger partial charge >= 0.3 is 5.97 Å². The first kappa shape index (κ1) is 24.4. The molecule has 0 N–H and O–H groups in total. The zero-order chi connectivity index (χ0) is 22.3. The summed E-state index contributed by atoms with van der Waals surface area (Å²) in [5.41, 5.74) is 0.447. The van der Waals surface area contributed by atoms with Gasteiger partial charge in [-0.05, 0) is 36.3 Å². The number of allylic oxidation sites excluding steroid dienone is 1. The molecule has 0 fully saturated rings. The van der Waals surface area contributed by atoms with Crippen molar-refractivity contribution in [2.75, 3.05) is 0 Å². The van der Waals surface area contributed by atoms with Crippen LogP contribution in [0.2, 0.25) is 0 Å². The fourth-order valence-electron chi connectivity index (χ4n) is 2.83. The lowest BCUT2D eigenvalue weighted by Gasteiger charge is -2.29. The Morgan fingerprint density at radius 2 is 1.70 bits per heavy atom. The Balaban J connectivity index is 2.23. The van der Waals surface area contributed by atoms with Crippen LogP contribution in [-0.2, 0) is 9.53 Å². The molecule has 2 rings (SSSR count). The van der Waals surface area contributed by atoms with Crippen LogP contribution in [0.5, 0.6) is 11.5 Å². The van der Waals surface area contributed by atoms with Crippen molar-refractivity contribution in [3.63, 3.8) is 0 Å². The molecule has 0 aliphatic carbocycles. The summed E-state index contributed by atoms with van der Waals surface area (Å²) in [6, 6.07) is 17.9. The van der Waals surface area contributed by atoms with E-state index in [2.05, 4.69) is 0 Å². The minimum Gasteiger partial charge on any atom is -0.457 e. The molecule has 0 aromatic heterocycles. The van der Waals surface area contributed by atoms with E-state index in [-0.39, 0.29) is 10.4 Å². The fraction of sp³-hybridized carbons (Fsp3) is 0.273. The third kappa shape index (κ3) is 6.82. The number of para-hydroxylation sites is 1. The Kier molecular flexibility index (Phi) is 8.88. The highest BCUT2D eigenvalue weighted by atomic mass is 35.5. The van der Waals surface area contributed by atoms with Gasteiger partial charge in [-0.2, -0.15) is 5.26 Å². The Labute approximate surface area is 195 Å². The third-order valence-electron chi connectivity index (χ3n) is 4.13. The van der Waals surface area contributed by atoms with Crippen LogP contribution in [0.4, 0.5) is 0 Å². The summed E-state index contributed by atoms with van der Waals surface area (Å²) in [7, 11) is 0. The number of rotatable bonds is 8. The first-order valence-corrected chi connectivity index (χ1v) is 10.5. The Hall–Kier alpha value is -1.90. The maximum atomic E-state index is 12.8. The topological polar surface area (TPSA) is 59.3 Å². The molecule has 0 spiro atoms. The number of ether oxygens (including phenoxy) is 2. The zero-order valence-electron chi connectivity index (χ0n) is 16.2. The lowest BCUT2D eigenvalue weighted by Crippen LogP contribution is -2.37. The number of halogens is 4. The predicted molar refractivity (Wildman–Crippen MR) is 120 cm³/mol. The molecule has 158 valence electrons. The van der Waals surface area contributed by atoms with E-state index in [0.29, 0.717) is 17.1 Å². The largest absolute Gasteiger partial charge is 0.457 e.